The molecule has 0 atom stereocenters. The number of nitrogens with one attached hydrogen (secondary N) is 2. The molecule has 1 aliphatic rings. The van der Waals surface area contributed by atoms with Gasteiger partial charge >= 0.3 is 5.97 Å². The lowest BCUT2D eigenvalue weighted by molar-refractivity contribution is -0.136. The summed E-state index contributed by atoms with van der Waals surface area (Å²) in [6.45, 7) is 0. The molecule has 1 fully saturated rings. The van der Waals surface area contributed by atoms with Gasteiger partial charge in [-0.2, -0.15) is 5.10 Å². The third kappa shape index (κ3) is 3.10. The highest BCUT2D eigenvalue weighted by Crippen LogP contribution is 2.39. The number of carbonyl (C=O) groups is 2. The van der Waals surface area contributed by atoms with Gasteiger partial charge in [-0.25, -0.2) is 0 Å². The SMILES string of the molecule is O=C(O)Cc1ccccc1NC(=O)c1cc(C2CC2)[nH]n1. The van der Waals surface area contributed by atoms with Crippen LogP contribution in [0, 0.1) is 0 Å². The van der Waals surface area contributed by atoms with Gasteiger partial charge in [-0.1, -0.05) is 18.2 Å². The second-order valence-corrected chi connectivity index (χ2v) is 5.16. The van der Waals surface area contributed by atoms with Gasteiger partial charge < -0.3 is 10.4 Å². The molecule has 1 aliphatic carbocycles. The highest BCUT2D eigenvalue weighted by molar-refractivity contribution is 6.03. The lowest BCUT2D eigenvalue weighted by atomic mass is 10.1. The maximum atomic E-state index is 12.2. The zero-order valence-electron chi connectivity index (χ0n) is 11.3. The van der Waals surface area contributed by atoms with Crippen molar-refractivity contribution in [3.05, 3.63) is 47.3 Å². The van der Waals surface area contributed by atoms with E-state index in [-0.39, 0.29) is 12.3 Å². The molecule has 3 N–H and O–H groups in total. The molecule has 1 saturated carbocycles. The highest BCUT2D eigenvalue weighted by atomic mass is 16.4. The molecule has 3 rings (SSSR count). The van der Waals surface area contributed by atoms with Crippen LogP contribution in [0.1, 0.15) is 40.5 Å². The Bertz CT molecular complexity index is 689. The number of nitrogens with zero attached hydrogens (tertiary/aromatic N) is 1. The topological polar surface area (TPSA) is 95.1 Å². The number of hydrogen-bond acceptors (Lipinski definition) is 3. The van der Waals surface area contributed by atoms with Gasteiger partial charge in [-0.3, -0.25) is 14.7 Å². The Labute approximate surface area is 121 Å². The third-order valence-corrected chi connectivity index (χ3v) is 3.45. The summed E-state index contributed by atoms with van der Waals surface area (Å²) in [6, 6.07) is 8.62. The van der Waals surface area contributed by atoms with Crippen molar-refractivity contribution in [1.82, 2.24) is 10.2 Å². The maximum Gasteiger partial charge on any atom is 0.307 e. The Balaban J connectivity index is 1.75. The van der Waals surface area contributed by atoms with Crippen molar-refractivity contribution < 1.29 is 14.7 Å². The first-order valence-corrected chi connectivity index (χ1v) is 6.80. The second kappa shape index (κ2) is 5.40. The second-order valence-electron chi connectivity index (χ2n) is 5.16. The molecule has 1 heterocycles. The summed E-state index contributed by atoms with van der Waals surface area (Å²) in [5.74, 6) is -0.776. The quantitative estimate of drug-likeness (QED) is 0.784. The minimum absolute atomic E-state index is 0.135. The Hall–Kier alpha value is -2.63. The van der Waals surface area contributed by atoms with Crippen molar-refractivity contribution in [2.24, 2.45) is 0 Å². The number of aliphatic carboxylic acids is 1. The molecule has 0 unspecified atom stereocenters. The molecule has 21 heavy (non-hydrogen) atoms. The fraction of sp³-hybridized carbons (Fsp3) is 0.267. The molecular formula is C15H15N3O3. The van der Waals surface area contributed by atoms with Crippen LogP contribution in [0.4, 0.5) is 5.69 Å². The monoisotopic (exact) mass is 285 g/mol. The Morgan fingerprint density at radius 2 is 2.10 bits per heavy atom. The van der Waals surface area contributed by atoms with Gasteiger partial charge in [0.25, 0.3) is 5.91 Å². The fourth-order valence-electron chi connectivity index (χ4n) is 2.20. The number of H-pyrrole nitrogens is 1. The van der Waals surface area contributed by atoms with Crippen LogP contribution in [0.15, 0.2) is 30.3 Å². The number of aromatic amines is 1. The number of benzene rings is 1. The first-order chi connectivity index (χ1) is 10.1. The number of hydrogen-bond donors (Lipinski definition) is 3. The standard InChI is InChI=1S/C15H15N3O3/c19-14(20)7-10-3-1-2-4-11(10)16-15(21)13-8-12(17-18-13)9-5-6-9/h1-4,8-9H,5-7H2,(H,16,21)(H,17,18)(H,19,20). The molecule has 0 spiro atoms. The van der Waals surface area contributed by atoms with Gasteiger partial charge in [0.1, 0.15) is 0 Å². The third-order valence-electron chi connectivity index (χ3n) is 3.45. The maximum absolute atomic E-state index is 12.2. The first kappa shape index (κ1) is 13.4. The van der Waals surface area contributed by atoms with Crippen LogP contribution in [-0.4, -0.2) is 27.2 Å². The summed E-state index contributed by atoms with van der Waals surface area (Å²) >= 11 is 0. The molecule has 0 bridgehead atoms. The average Bonchev–Trinajstić information content (AvgIpc) is 3.18. The summed E-state index contributed by atoms with van der Waals surface area (Å²) in [5, 5.41) is 18.5. The molecule has 1 amide bonds. The van der Waals surface area contributed by atoms with Crippen molar-refractivity contribution in [2.75, 3.05) is 5.32 Å². The van der Waals surface area contributed by atoms with Crippen LogP contribution < -0.4 is 5.32 Å². The average molecular weight is 285 g/mol. The van der Waals surface area contributed by atoms with E-state index in [2.05, 4.69) is 15.5 Å². The smallest absolute Gasteiger partial charge is 0.307 e. The number of carbonyl (C=O) groups excluding carboxylic acids is 1. The number of carboxylic acid groups (broad SMARTS) is 1. The molecule has 0 radical (unpaired) electrons. The van der Waals surface area contributed by atoms with Crippen LogP contribution in [0.5, 0.6) is 0 Å². The molecule has 2 aromatic rings. The van der Waals surface area contributed by atoms with E-state index in [0.29, 0.717) is 22.9 Å². The molecule has 108 valence electrons. The lowest BCUT2D eigenvalue weighted by Crippen LogP contribution is -2.14. The molecule has 6 nitrogen and oxygen atoms in total. The Morgan fingerprint density at radius 1 is 1.33 bits per heavy atom. The van der Waals surface area contributed by atoms with Crippen LogP contribution in [0.25, 0.3) is 0 Å². The van der Waals surface area contributed by atoms with Crippen molar-refractivity contribution in [1.29, 1.82) is 0 Å². The lowest BCUT2D eigenvalue weighted by Gasteiger charge is -2.08. The highest BCUT2D eigenvalue weighted by Gasteiger charge is 2.26. The predicted octanol–water partition coefficient (Wildman–Crippen LogP) is 2.17. The molecule has 6 heteroatoms. The molecular weight excluding hydrogens is 270 g/mol. The van der Waals surface area contributed by atoms with E-state index in [1.807, 2.05) is 0 Å². The minimum atomic E-state index is -0.938. The van der Waals surface area contributed by atoms with Crippen molar-refractivity contribution in [2.45, 2.75) is 25.2 Å². The van der Waals surface area contributed by atoms with E-state index in [0.717, 1.165) is 18.5 Å². The van der Waals surface area contributed by atoms with Gasteiger partial charge in [-0.15, -0.1) is 0 Å². The van der Waals surface area contributed by atoms with Crippen LogP contribution in [0.3, 0.4) is 0 Å². The number of amides is 1. The number of aromatic nitrogens is 2. The van der Waals surface area contributed by atoms with Crippen LogP contribution in [-0.2, 0) is 11.2 Å². The number of carboxylic acids is 1. The summed E-state index contributed by atoms with van der Waals surface area (Å²) < 4.78 is 0. The van der Waals surface area contributed by atoms with Crippen molar-refractivity contribution >= 4 is 17.6 Å². The predicted molar refractivity (Wildman–Crippen MR) is 76.3 cm³/mol. The normalized spacial score (nSPS) is 13.9. The largest absolute Gasteiger partial charge is 0.481 e. The van der Waals surface area contributed by atoms with Gasteiger partial charge in [-0.05, 0) is 30.5 Å². The van der Waals surface area contributed by atoms with Gasteiger partial charge in [0.15, 0.2) is 5.69 Å². The first-order valence-electron chi connectivity index (χ1n) is 6.80. The number of para-hydroxylation sites is 1. The number of rotatable bonds is 5. The van der Waals surface area contributed by atoms with E-state index in [1.165, 1.54) is 0 Å². The fourth-order valence-corrected chi connectivity index (χ4v) is 2.20. The summed E-state index contributed by atoms with van der Waals surface area (Å²) in [6.07, 6.45) is 2.12. The van der Waals surface area contributed by atoms with Crippen molar-refractivity contribution in [3.63, 3.8) is 0 Å². The summed E-state index contributed by atoms with van der Waals surface area (Å²) in [4.78, 5) is 23.0. The van der Waals surface area contributed by atoms with Crippen LogP contribution in [0.2, 0.25) is 0 Å². The number of anilines is 1. The van der Waals surface area contributed by atoms with Gasteiger partial charge in [0.2, 0.25) is 0 Å². The van der Waals surface area contributed by atoms with E-state index < -0.39 is 5.97 Å². The van der Waals surface area contributed by atoms with Gasteiger partial charge in [0, 0.05) is 17.3 Å². The molecule has 1 aromatic carbocycles. The van der Waals surface area contributed by atoms with Crippen molar-refractivity contribution in [3.8, 4) is 0 Å². The van der Waals surface area contributed by atoms with E-state index in [4.69, 9.17) is 5.11 Å². The zero-order valence-corrected chi connectivity index (χ0v) is 11.3. The summed E-state index contributed by atoms with van der Waals surface area (Å²) in [5.41, 5.74) is 2.37. The molecule has 1 aromatic heterocycles. The van der Waals surface area contributed by atoms with Gasteiger partial charge in [0.05, 0.1) is 6.42 Å². The van der Waals surface area contributed by atoms with E-state index >= 15 is 0 Å². The molecule has 0 aliphatic heterocycles. The minimum Gasteiger partial charge on any atom is -0.481 e. The van der Waals surface area contributed by atoms with Crippen LogP contribution >= 0.6 is 0 Å². The molecule has 0 saturated heterocycles. The van der Waals surface area contributed by atoms with E-state index in [9.17, 15) is 9.59 Å². The van der Waals surface area contributed by atoms with E-state index in [1.54, 1.807) is 30.3 Å². The Kier molecular flexibility index (Phi) is 3.43. The Morgan fingerprint density at radius 3 is 2.81 bits per heavy atom. The summed E-state index contributed by atoms with van der Waals surface area (Å²) in [7, 11) is 0. The zero-order chi connectivity index (χ0) is 14.8.